The Morgan fingerprint density at radius 2 is 2.00 bits per heavy atom. The first-order chi connectivity index (χ1) is 9.31. The highest BCUT2D eigenvalue weighted by atomic mass is 16.1. The van der Waals surface area contributed by atoms with Gasteiger partial charge in [-0.25, -0.2) is 4.79 Å². The van der Waals surface area contributed by atoms with Gasteiger partial charge in [0.1, 0.15) is 0 Å². The van der Waals surface area contributed by atoms with Crippen molar-refractivity contribution in [1.82, 2.24) is 4.98 Å². The molecule has 0 spiro atoms. The van der Waals surface area contributed by atoms with Gasteiger partial charge in [0.25, 0.3) is 0 Å². The minimum atomic E-state index is 0.774. The van der Waals surface area contributed by atoms with Crippen LogP contribution in [0.1, 0.15) is 23.2 Å². The average Bonchev–Trinajstić information content (AvgIpc) is 2.91. The normalized spacial score (nSPS) is 12.9. The molecule has 94 valence electrons. The Hall–Kier alpha value is -2.25. The molecule has 1 aromatic heterocycles. The molecule has 0 saturated carbocycles. The maximum absolute atomic E-state index is 10.7. The lowest BCUT2D eigenvalue weighted by molar-refractivity contribution is 0.565. The van der Waals surface area contributed by atoms with Crippen molar-refractivity contribution in [3.05, 3.63) is 47.2 Å². The molecule has 3 nitrogen and oxygen atoms in total. The second kappa shape index (κ2) is 4.79. The number of carbonyl (C=O) groups excluding carboxylic acids is 1. The fraction of sp³-hybridized carbons (Fsp3) is 0.250. The van der Waals surface area contributed by atoms with Crippen molar-refractivity contribution in [3.63, 3.8) is 0 Å². The number of aromatic nitrogens is 1. The number of hydrogen-bond donors (Lipinski definition) is 0. The molecule has 3 heteroatoms. The van der Waals surface area contributed by atoms with Crippen LogP contribution < -0.4 is 0 Å². The lowest BCUT2D eigenvalue weighted by Crippen LogP contribution is -1.97. The number of hydrogen-bond acceptors (Lipinski definition) is 3. The van der Waals surface area contributed by atoms with Gasteiger partial charge in [0, 0.05) is 22.4 Å². The number of rotatable bonds is 2. The van der Waals surface area contributed by atoms with E-state index in [1.807, 2.05) is 37.3 Å². The van der Waals surface area contributed by atoms with Gasteiger partial charge in [0.15, 0.2) is 0 Å². The SMILES string of the molecule is Cc1c(-c2ccccc2)nc2c(c1N=C=O)CCC2. The zero-order valence-electron chi connectivity index (χ0n) is 10.8. The third kappa shape index (κ3) is 1.98. The molecule has 0 bridgehead atoms. The minimum Gasteiger partial charge on any atom is -0.252 e. The van der Waals surface area contributed by atoms with E-state index in [2.05, 4.69) is 4.99 Å². The maximum Gasteiger partial charge on any atom is 0.240 e. The van der Waals surface area contributed by atoms with Crippen LogP contribution in [0.2, 0.25) is 0 Å². The fourth-order valence-corrected chi connectivity index (χ4v) is 2.74. The number of benzene rings is 1. The number of nitrogens with zero attached hydrogens (tertiary/aromatic N) is 2. The van der Waals surface area contributed by atoms with E-state index in [-0.39, 0.29) is 0 Å². The van der Waals surface area contributed by atoms with Gasteiger partial charge in [0.2, 0.25) is 6.08 Å². The summed E-state index contributed by atoms with van der Waals surface area (Å²) in [5.41, 5.74) is 5.94. The molecule has 1 aliphatic carbocycles. The Bertz CT molecular complexity index is 671. The highest BCUT2D eigenvalue weighted by molar-refractivity contribution is 5.73. The van der Waals surface area contributed by atoms with Crippen LogP contribution in [-0.2, 0) is 17.6 Å². The third-order valence-corrected chi connectivity index (χ3v) is 3.64. The third-order valence-electron chi connectivity index (χ3n) is 3.64. The first kappa shape index (κ1) is 11.8. The van der Waals surface area contributed by atoms with Crippen LogP contribution >= 0.6 is 0 Å². The lowest BCUT2D eigenvalue weighted by atomic mass is 10.0. The van der Waals surface area contributed by atoms with Crippen LogP contribution in [0.5, 0.6) is 0 Å². The summed E-state index contributed by atoms with van der Waals surface area (Å²) in [4.78, 5) is 19.4. The summed E-state index contributed by atoms with van der Waals surface area (Å²) >= 11 is 0. The lowest BCUT2D eigenvalue weighted by Gasteiger charge is -2.12. The highest BCUT2D eigenvalue weighted by Gasteiger charge is 2.21. The summed E-state index contributed by atoms with van der Waals surface area (Å²) < 4.78 is 0. The Balaban J connectivity index is 2.27. The van der Waals surface area contributed by atoms with Gasteiger partial charge in [-0.2, -0.15) is 4.99 Å². The molecule has 0 N–H and O–H groups in total. The van der Waals surface area contributed by atoms with Gasteiger partial charge < -0.3 is 0 Å². The monoisotopic (exact) mass is 250 g/mol. The molecule has 0 amide bonds. The quantitative estimate of drug-likeness (QED) is 0.604. The van der Waals surface area contributed by atoms with Gasteiger partial charge in [-0.15, -0.1) is 0 Å². The van der Waals surface area contributed by atoms with E-state index < -0.39 is 0 Å². The van der Waals surface area contributed by atoms with Gasteiger partial charge in [0.05, 0.1) is 11.4 Å². The predicted molar refractivity (Wildman–Crippen MR) is 74.2 cm³/mol. The number of aryl methyl sites for hydroxylation is 1. The van der Waals surface area contributed by atoms with Crippen molar-refractivity contribution < 1.29 is 4.79 Å². The van der Waals surface area contributed by atoms with E-state index in [1.165, 1.54) is 0 Å². The summed E-state index contributed by atoms with van der Waals surface area (Å²) in [5.74, 6) is 0. The molecule has 1 aliphatic rings. The molecule has 19 heavy (non-hydrogen) atoms. The number of fused-ring (bicyclic) bond motifs is 1. The highest BCUT2D eigenvalue weighted by Crippen LogP contribution is 2.37. The van der Waals surface area contributed by atoms with E-state index in [0.29, 0.717) is 0 Å². The largest absolute Gasteiger partial charge is 0.252 e. The topological polar surface area (TPSA) is 42.3 Å². The van der Waals surface area contributed by atoms with Crippen LogP contribution in [0.4, 0.5) is 5.69 Å². The van der Waals surface area contributed by atoms with Crippen molar-refractivity contribution in [3.8, 4) is 11.3 Å². The van der Waals surface area contributed by atoms with Crippen molar-refractivity contribution in [2.45, 2.75) is 26.2 Å². The molecule has 0 atom stereocenters. The fourth-order valence-electron chi connectivity index (χ4n) is 2.74. The molecular weight excluding hydrogens is 236 g/mol. The van der Waals surface area contributed by atoms with Crippen LogP contribution in [0, 0.1) is 6.92 Å². The molecule has 0 aliphatic heterocycles. The van der Waals surface area contributed by atoms with Crippen LogP contribution in [-0.4, -0.2) is 11.1 Å². The van der Waals surface area contributed by atoms with Crippen molar-refractivity contribution >= 4 is 11.8 Å². The summed E-state index contributed by atoms with van der Waals surface area (Å²) in [6, 6.07) is 10.0. The molecule has 0 unspecified atom stereocenters. The molecule has 1 aromatic carbocycles. The summed E-state index contributed by atoms with van der Waals surface area (Å²) in [5, 5.41) is 0. The summed E-state index contributed by atoms with van der Waals surface area (Å²) in [6.07, 6.45) is 4.69. The molecule has 1 heterocycles. The Morgan fingerprint density at radius 1 is 1.21 bits per heavy atom. The van der Waals surface area contributed by atoms with Crippen molar-refractivity contribution in [1.29, 1.82) is 0 Å². The first-order valence-electron chi connectivity index (χ1n) is 6.47. The van der Waals surface area contributed by atoms with Gasteiger partial charge in [-0.3, -0.25) is 4.98 Å². The molecule has 0 fully saturated rings. The van der Waals surface area contributed by atoms with Crippen molar-refractivity contribution in [2.24, 2.45) is 4.99 Å². The van der Waals surface area contributed by atoms with Gasteiger partial charge in [-0.1, -0.05) is 30.3 Å². The second-order valence-electron chi connectivity index (χ2n) is 4.78. The molecule has 2 aromatic rings. The van der Waals surface area contributed by atoms with Crippen LogP contribution in [0.15, 0.2) is 35.3 Å². The number of pyridine rings is 1. The molecule has 0 saturated heterocycles. The molecule has 0 radical (unpaired) electrons. The zero-order valence-corrected chi connectivity index (χ0v) is 10.8. The zero-order chi connectivity index (χ0) is 13.2. The van der Waals surface area contributed by atoms with E-state index in [4.69, 9.17) is 4.98 Å². The Morgan fingerprint density at radius 3 is 2.74 bits per heavy atom. The number of aliphatic imine (C=N–C) groups is 1. The van der Waals surface area contributed by atoms with E-state index in [9.17, 15) is 4.79 Å². The first-order valence-corrected chi connectivity index (χ1v) is 6.47. The van der Waals surface area contributed by atoms with E-state index >= 15 is 0 Å². The van der Waals surface area contributed by atoms with E-state index in [1.54, 1.807) is 6.08 Å². The average molecular weight is 250 g/mol. The second-order valence-corrected chi connectivity index (χ2v) is 4.78. The Kier molecular flexibility index (Phi) is 2.98. The van der Waals surface area contributed by atoms with Crippen LogP contribution in [0.25, 0.3) is 11.3 Å². The Labute approximate surface area is 112 Å². The van der Waals surface area contributed by atoms with E-state index in [0.717, 1.165) is 53.0 Å². The summed E-state index contributed by atoms with van der Waals surface area (Å²) in [7, 11) is 0. The predicted octanol–water partition coefficient (Wildman–Crippen LogP) is 3.51. The standard InChI is InChI=1S/C16H14N2O/c1-11-15(12-6-3-2-4-7-12)18-14-9-5-8-13(14)16(11)17-10-19/h2-4,6-7H,5,8-9H2,1H3. The smallest absolute Gasteiger partial charge is 0.240 e. The number of isocyanates is 1. The minimum absolute atomic E-state index is 0.774. The summed E-state index contributed by atoms with van der Waals surface area (Å²) in [6.45, 7) is 1.98. The van der Waals surface area contributed by atoms with Gasteiger partial charge >= 0.3 is 0 Å². The molecule has 3 rings (SSSR count). The van der Waals surface area contributed by atoms with Crippen LogP contribution in [0.3, 0.4) is 0 Å². The van der Waals surface area contributed by atoms with Crippen molar-refractivity contribution in [2.75, 3.05) is 0 Å². The maximum atomic E-state index is 10.7. The van der Waals surface area contributed by atoms with Gasteiger partial charge in [-0.05, 0) is 26.2 Å². The molecular formula is C16H14N2O.